The molecule has 1 unspecified atom stereocenters. The summed E-state index contributed by atoms with van der Waals surface area (Å²) in [5.74, 6) is 0.139. The molecule has 16 heavy (non-hydrogen) atoms. The van der Waals surface area contributed by atoms with Crippen LogP contribution in [0.4, 0.5) is 0 Å². The first-order valence-electron chi connectivity index (χ1n) is 5.41. The van der Waals surface area contributed by atoms with E-state index in [9.17, 15) is 4.79 Å². The van der Waals surface area contributed by atoms with E-state index in [4.69, 9.17) is 11.6 Å². The van der Waals surface area contributed by atoms with Gasteiger partial charge in [0.1, 0.15) is 0 Å². The Morgan fingerprint density at radius 3 is 2.75 bits per heavy atom. The average molecular weight is 239 g/mol. The Morgan fingerprint density at radius 2 is 2.12 bits per heavy atom. The van der Waals surface area contributed by atoms with Crippen molar-refractivity contribution in [2.45, 2.75) is 13.0 Å². The number of nitrogens with one attached hydrogen (secondary N) is 1. The zero-order valence-electron chi connectivity index (χ0n) is 9.24. The summed E-state index contributed by atoms with van der Waals surface area (Å²) >= 11 is 5.84. The maximum atomic E-state index is 11.3. The highest BCUT2D eigenvalue weighted by atomic mass is 35.5. The van der Waals surface area contributed by atoms with Crippen LogP contribution in [0.3, 0.4) is 0 Å². The van der Waals surface area contributed by atoms with Crippen LogP contribution in [-0.2, 0) is 4.79 Å². The third-order valence-corrected chi connectivity index (χ3v) is 3.15. The van der Waals surface area contributed by atoms with E-state index < -0.39 is 0 Å². The minimum Gasteiger partial charge on any atom is -0.340 e. The highest BCUT2D eigenvalue weighted by Gasteiger charge is 2.21. The van der Waals surface area contributed by atoms with E-state index in [1.54, 1.807) is 6.92 Å². The molecule has 1 N–H and O–H groups in total. The summed E-state index contributed by atoms with van der Waals surface area (Å²) in [6.45, 7) is 3.98. The monoisotopic (exact) mass is 238 g/mol. The molecule has 1 aliphatic rings. The molecule has 3 nitrogen and oxygen atoms in total. The van der Waals surface area contributed by atoms with Gasteiger partial charge in [-0.1, -0.05) is 23.7 Å². The molecule has 1 aromatic rings. The summed E-state index contributed by atoms with van der Waals surface area (Å²) in [5, 5.41) is 4.14. The van der Waals surface area contributed by atoms with Crippen LogP contribution in [0, 0.1) is 0 Å². The molecule has 1 saturated heterocycles. The Hall–Kier alpha value is -1.06. The van der Waals surface area contributed by atoms with Gasteiger partial charge in [0.25, 0.3) is 0 Å². The minimum atomic E-state index is 0.139. The fraction of sp³-hybridized carbons (Fsp3) is 0.417. The Labute approximate surface area is 100 Å². The first-order chi connectivity index (χ1) is 7.66. The molecule has 0 bridgehead atoms. The van der Waals surface area contributed by atoms with E-state index in [0.717, 1.165) is 24.7 Å². The van der Waals surface area contributed by atoms with Gasteiger partial charge in [-0.05, 0) is 17.7 Å². The third kappa shape index (κ3) is 2.54. The van der Waals surface area contributed by atoms with Gasteiger partial charge in [0.2, 0.25) is 5.91 Å². The Balaban J connectivity index is 2.09. The molecule has 86 valence electrons. The fourth-order valence-electron chi connectivity index (χ4n) is 1.95. The van der Waals surface area contributed by atoms with Crippen molar-refractivity contribution in [1.29, 1.82) is 0 Å². The SMILES string of the molecule is CC(=O)N1CCNC(c2ccc(Cl)cc2)C1. The zero-order valence-corrected chi connectivity index (χ0v) is 10.00. The molecular weight excluding hydrogens is 224 g/mol. The fourth-order valence-corrected chi connectivity index (χ4v) is 2.08. The Morgan fingerprint density at radius 1 is 1.44 bits per heavy atom. The summed E-state index contributed by atoms with van der Waals surface area (Å²) in [7, 11) is 0. The normalized spacial score (nSPS) is 20.9. The number of carbonyl (C=O) groups is 1. The molecule has 1 amide bonds. The van der Waals surface area contributed by atoms with Crippen molar-refractivity contribution >= 4 is 17.5 Å². The van der Waals surface area contributed by atoms with Crippen LogP contribution in [0.5, 0.6) is 0 Å². The Bertz CT molecular complexity index is 377. The molecule has 0 saturated carbocycles. The van der Waals surface area contributed by atoms with E-state index in [1.165, 1.54) is 5.56 Å². The predicted molar refractivity (Wildman–Crippen MR) is 64.4 cm³/mol. The third-order valence-electron chi connectivity index (χ3n) is 2.89. The van der Waals surface area contributed by atoms with Crippen molar-refractivity contribution in [3.8, 4) is 0 Å². The second-order valence-electron chi connectivity index (χ2n) is 4.02. The summed E-state index contributed by atoms with van der Waals surface area (Å²) in [6.07, 6.45) is 0. The van der Waals surface area contributed by atoms with Gasteiger partial charge in [0, 0.05) is 37.6 Å². The van der Waals surface area contributed by atoms with Gasteiger partial charge < -0.3 is 10.2 Å². The molecule has 0 aliphatic carbocycles. The number of amides is 1. The van der Waals surface area contributed by atoms with Crippen LogP contribution in [0.15, 0.2) is 24.3 Å². The van der Waals surface area contributed by atoms with Gasteiger partial charge in [-0.15, -0.1) is 0 Å². The maximum Gasteiger partial charge on any atom is 0.219 e. The molecule has 4 heteroatoms. The Kier molecular flexibility index (Phi) is 3.46. The van der Waals surface area contributed by atoms with Gasteiger partial charge in [-0.2, -0.15) is 0 Å². The number of piperazine rings is 1. The number of rotatable bonds is 1. The van der Waals surface area contributed by atoms with E-state index in [0.29, 0.717) is 0 Å². The summed E-state index contributed by atoms with van der Waals surface area (Å²) in [4.78, 5) is 13.2. The molecular formula is C12H15ClN2O. The summed E-state index contributed by atoms with van der Waals surface area (Å²) in [6, 6.07) is 7.99. The molecule has 1 aliphatic heterocycles. The van der Waals surface area contributed by atoms with Gasteiger partial charge >= 0.3 is 0 Å². The van der Waals surface area contributed by atoms with Crippen LogP contribution in [0.2, 0.25) is 5.02 Å². The van der Waals surface area contributed by atoms with E-state index in [1.807, 2.05) is 29.2 Å². The molecule has 1 aromatic carbocycles. The summed E-state index contributed by atoms with van der Waals surface area (Å²) in [5.41, 5.74) is 1.18. The van der Waals surface area contributed by atoms with Crippen molar-refractivity contribution in [3.63, 3.8) is 0 Å². The van der Waals surface area contributed by atoms with Crippen LogP contribution in [-0.4, -0.2) is 30.4 Å². The molecule has 0 radical (unpaired) electrons. The smallest absolute Gasteiger partial charge is 0.219 e. The van der Waals surface area contributed by atoms with Crippen molar-refractivity contribution in [2.24, 2.45) is 0 Å². The number of benzene rings is 1. The predicted octanol–water partition coefficient (Wildman–Crippen LogP) is 1.83. The van der Waals surface area contributed by atoms with E-state index in [-0.39, 0.29) is 11.9 Å². The number of hydrogen-bond donors (Lipinski definition) is 1. The largest absolute Gasteiger partial charge is 0.340 e. The van der Waals surface area contributed by atoms with Crippen LogP contribution < -0.4 is 5.32 Å². The van der Waals surface area contributed by atoms with Gasteiger partial charge in [-0.3, -0.25) is 4.79 Å². The highest BCUT2D eigenvalue weighted by Crippen LogP contribution is 2.19. The lowest BCUT2D eigenvalue weighted by molar-refractivity contribution is -0.130. The summed E-state index contributed by atoms with van der Waals surface area (Å²) < 4.78 is 0. The van der Waals surface area contributed by atoms with Crippen LogP contribution in [0.1, 0.15) is 18.5 Å². The highest BCUT2D eigenvalue weighted by molar-refractivity contribution is 6.30. The number of hydrogen-bond acceptors (Lipinski definition) is 2. The molecule has 1 atom stereocenters. The first kappa shape index (κ1) is 11.4. The minimum absolute atomic E-state index is 0.139. The van der Waals surface area contributed by atoms with Crippen LogP contribution >= 0.6 is 11.6 Å². The molecule has 1 heterocycles. The quantitative estimate of drug-likeness (QED) is 0.810. The average Bonchev–Trinajstić information content (AvgIpc) is 2.30. The van der Waals surface area contributed by atoms with Crippen molar-refractivity contribution in [2.75, 3.05) is 19.6 Å². The van der Waals surface area contributed by atoms with Gasteiger partial charge in [0.05, 0.1) is 0 Å². The van der Waals surface area contributed by atoms with Crippen molar-refractivity contribution in [1.82, 2.24) is 10.2 Å². The second-order valence-corrected chi connectivity index (χ2v) is 4.46. The lowest BCUT2D eigenvalue weighted by Crippen LogP contribution is -2.47. The molecule has 1 fully saturated rings. The van der Waals surface area contributed by atoms with Gasteiger partial charge in [0.15, 0.2) is 0 Å². The number of carbonyl (C=O) groups excluding carboxylic acids is 1. The molecule has 2 rings (SSSR count). The van der Waals surface area contributed by atoms with E-state index in [2.05, 4.69) is 5.32 Å². The topological polar surface area (TPSA) is 32.3 Å². The van der Waals surface area contributed by atoms with Crippen molar-refractivity contribution in [3.05, 3.63) is 34.9 Å². The number of halogens is 1. The lowest BCUT2D eigenvalue weighted by atomic mass is 10.0. The first-order valence-corrected chi connectivity index (χ1v) is 5.79. The van der Waals surface area contributed by atoms with E-state index >= 15 is 0 Å². The number of nitrogens with zero attached hydrogens (tertiary/aromatic N) is 1. The van der Waals surface area contributed by atoms with Crippen LogP contribution in [0.25, 0.3) is 0 Å². The zero-order chi connectivity index (χ0) is 11.5. The second kappa shape index (κ2) is 4.85. The standard InChI is InChI=1S/C12H15ClN2O/c1-9(16)15-7-6-14-12(8-15)10-2-4-11(13)5-3-10/h2-5,12,14H,6-8H2,1H3. The van der Waals surface area contributed by atoms with Gasteiger partial charge in [-0.25, -0.2) is 0 Å². The molecule has 0 aromatic heterocycles. The maximum absolute atomic E-state index is 11.3. The molecule has 0 spiro atoms. The lowest BCUT2D eigenvalue weighted by Gasteiger charge is -2.33. The van der Waals surface area contributed by atoms with Crippen molar-refractivity contribution < 1.29 is 4.79 Å².